The van der Waals surface area contributed by atoms with E-state index in [1.165, 1.54) is 29.5 Å². The predicted octanol–water partition coefficient (Wildman–Crippen LogP) is 6.40. The number of thioether (sulfide) groups is 1. The van der Waals surface area contributed by atoms with Crippen LogP contribution in [0.5, 0.6) is 0 Å². The molecule has 4 rings (SSSR count). The molecule has 1 heterocycles. The van der Waals surface area contributed by atoms with Crippen LogP contribution in [0.15, 0.2) is 66.7 Å². The Labute approximate surface area is 206 Å². The number of nitro benzene ring substituents is 1. The highest BCUT2D eigenvalue weighted by Crippen LogP contribution is 2.42. The highest BCUT2D eigenvalue weighted by molar-refractivity contribution is 8.00. The molecule has 0 radical (unpaired) electrons. The van der Waals surface area contributed by atoms with Gasteiger partial charge in [-0.1, -0.05) is 49.7 Å². The number of carbonyl (C=O) groups is 2. The molecule has 174 valence electrons. The minimum Gasteiger partial charge on any atom is -0.322 e. The minimum absolute atomic E-state index is 0.0233. The van der Waals surface area contributed by atoms with Crippen LogP contribution in [0.1, 0.15) is 46.6 Å². The van der Waals surface area contributed by atoms with E-state index in [1.807, 2.05) is 36.4 Å². The summed E-state index contributed by atoms with van der Waals surface area (Å²) >= 11 is 7.36. The molecule has 0 spiro atoms. The Morgan fingerprint density at radius 1 is 1.15 bits per heavy atom. The lowest BCUT2D eigenvalue weighted by molar-refractivity contribution is -0.384. The largest absolute Gasteiger partial charge is 0.322 e. The van der Waals surface area contributed by atoms with Gasteiger partial charge in [-0.25, -0.2) is 0 Å². The summed E-state index contributed by atoms with van der Waals surface area (Å²) in [4.78, 5) is 37.7. The summed E-state index contributed by atoms with van der Waals surface area (Å²) in [5.74, 6) is 0.293. The van der Waals surface area contributed by atoms with E-state index in [4.69, 9.17) is 11.6 Å². The lowest BCUT2D eigenvalue weighted by Crippen LogP contribution is -2.27. The zero-order chi connectivity index (χ0) is 24.4. The third-order valence-electron chi connectivity index (χ3n) is 5.54. The van der Waals surface area contributed by atoms with Gasteiger partial charge in [0.25, 0.3) is 11.6 Å². The third kappa shape index (κ3) is 4.93. The first-order valence-electron chi connectivity index (χ1n) is 10.6. The fourth-order valence-corrected chi connectivity index (χ4v) is 5.09. The number of hydrogen-bond acceptors (Lipinski definition) is 5. The Hall–Kier alpha value is -3.36. The first-order chi connectivity index (χ1) is 16.2. The van der Waals surface area contributed by atoms with Gasteiger partial charge in [0.2, 0.25) is 5.91 Å². The number of rotatable bonds is 6. The molecule has 9 heteroatoms. The summed E-state index contributed by atoms with van der Waals surface area (Å²) in [6.45, 7) is 4.24. The van der Waals surface area contributed by atoms with Crippen LogP contribution in [-0.2, 0) is 4.79 Å². The van der Waals surface area contributed by atoms with Crippen molar-refractivity contribution in [1.82, 2.24) is 0 Å². The number of amides is 2. The average molecular weight is 496 g/mol. The average Bonchev–Trinajstić information content (AvgIpc) is 3.20. The quantitative estimate of drug-likeness (QED) is 0.315. The van der Waals surface area contributed by atoms with Gasteiger partial charge in [0.1, 0.15) is 10.4 Å². The van der Waals surface area contributed by atoms with Crippen molar-refractivity contribution in [3.63, 3.8) is 0 Å². The van der Waals surface area contributed by atoms with Gasteiger partial charge >= 0.3 is 0 Å². The van der Waals surface area contributed by atoms with Crippen molar-refractivity contribution in [3.8, 4) is 0 Å². The predicted molar refractivity (Wildman–Crippen MR) is 136 cm³/mol. The molecular formula is C25H22ClN3O4S. The van der Waals surface area contributed by atoms with Gasteiger partial charge in [-0.05, 0) is 53.4 Å². The van der Waals surface area contributed by atoms with E-state index in [-0.39, 0.29) is 27.6 Å². The van der Waals surface area contributed by atoms with E-state index in [9.17, 15) is 19.7 Å². The Balaban J connectivity index is 1.57. The molecule has 0 aromatic heterocycles. The number of anilines is 2. The summed E-state index contributed by atoms with van der Waals surface area (Å²) in [5.41, 5.74) is 3.21. The third-order valence-corrected chi connectivity index (χ3v) is 7.07. The van der Waals surface area contributed by atoms with Crippen molar-refractivity contribution in [2.45, 2.75) is 25.1 Å². The molecule has 1 atom stereocenters. The number of nitro groups is 1. The topological polar surface area (TPSA) is 92.6 Å². The van der Waals surface area contributed by atoms with Crippen LogP contribution in [0, 0.1) is 10.1 Å². The maximum absolute atomic E-state index is 12.7. The van der Waals surface area contributed by atoms with Crippen molar-refractivity contribution >= 4 is 52.2 Å². The lowest BCUT2D eigenvalue weighted by Gasteiger charge is -2.25. The van der Waals surface area contributed by atoms with E-state index >= 15 is 0 Å². The van der Waals surface area contributed by atoms with E-state index < -0.39 is 10.8 Å². The maximum Gasteiger partial charge on any atom is 0.288 e. The molecule has 1 unspecified atom stereocenters. The van der Waals surface area contributed by atoms with Gasteiger partial charge in [-0.3, -0.25) is 24.6 Å². The van der Waals surface area contributed by atoms with Gasteiger partial charge in [0.05, 0.1) is 10.7 Å². The fraction of sp³-hybridized carbons (Fsp3) is 0.200. The van der Waals surface area contributed by atoms with E-state index in [0.717, 1.165) is 17.3 Å². The summed E-state index contributed by atoms with van der Waals surface area (Å²) in [7, 11) is 0. The van der Waals surface area contributed by atoms with Gasteiger partial charge in [0.15, 0.2) is 0 Å². The van der Waals surface area contributed by atoms with Gasteiger partial charge < -0.3 is 5.32 Å². The summed E-state index contributed by atoms with van der Waals surface area (Å²) in [6, 6.07) is 19.2. The van der Waals surface area contributed by atoms with Crippen LogP contribution >= 0.6 is 23.4 Å². The summed E-state index contributed by atoms with van der Waals surface area (Å²) in [5, 5.41) is 13.6. The number of halogens is 1. The van der Waals surface area contributed by atoms with Crippen LogP contribution in [0.4, 0.5) is 17.1 Å². The molecule has 1 fully saturated rings. The molecule has 1 aliphatic heterocycles. The van der Waals surface area contributed by atoms with Crippen LogP contribution in [0.25, 0.3) is 0 Å². The second kappa shape index (κ2) is 9.87. The zero-order valence-corrected chi connectivity index (χ0v) is 20.1. The van der Waals surface area contributed by atoms with E-state index in [1.54, 1.807) is 17.0 Å². The standard InChI is InChI=1S/C25H22ClN3O4S/c1-15(2)16-6-9-20(10-7-16)28-23(30)14-34-25(28)18-4-3-5-19(12-18)27-24(31)17-8-11-21(26)22(13-17)29(32)33/h3-13,15,25H,14H2,1-2H3,(H,27,31). The van der Waals surface area contributed by atoms with Crippen LogP contribution < -0.4 is 10.2 Å². The molecule has 2 amide bonds. The molecule has 34 heavy (non-hydrogen) atoms. The maximum atomic E-state index is 12.7. The number of nitrogens with one attached hydrogen (secondary N) is 1. The van der Waals surface area contributed by atoms with Crippen LogP contribution in [0.2, 0.25) is 5.02 Å². The Morgan fingerprint density at radius 2 is 1.88 bits per heavy atom. The number of hydrogen-bond donors (Lipinski definition) is 1. The molecule has 1 aliphatic rings. The molecule has 0 saturated carbocycles. The minimum atomic E-state index is -0.629. The second-order valence-electron chi connectivity index (χ2n) is 8.18. The van der Waals surface area contributed by atoms with Crippen LogP contribution in [0.3, 0.4) is 0 Å². The zero-order valence-electron chi connectivity index (χ0n) is 18.5. The summed E-state index contributed by atoms with van der Waals surface area (Å²) in [6.07, 6.45) is 0. The van der Waals surface area contributed by atoms with Gasteiger partial charge in [-0.2, -0.15) is 0 Å². The van der Waals surface area contributed by atoms with Crippen molar-refractivity contribution in [3.05, 3.63) is 98.6 Å². The Bertz CT molecular complexity index is 1260. The number of benzene rings is 3. The lowest BCUT2D eigenvalue weighted by atomic mass is 10.0. The Morgan fingerprint density at radius 3 is 2.56 bits per heavy atom. The van der Waals surface area contributed by atoms with Crippen molar-refractivity contribution in [2.24, 2.45) is 0 Å². The molecule has 3 aromatic carbocycles. The number of carbonyl (C=O) groups excluding carboxylic acids is 2. The monoisotopic (exact) mass is 495 g/mol. The smallest absolute Gasteiger partial charge is 0.288 e. The molecule has 1 N–H and O–H groups in total. The molecule has 7 nitrogen and oxygen atoms in total. The molecular weight excluding hydrogens is 474 g/mol. The second-order valence-corrected chi connectivity index (χ2v) is 9.65. The van der Waals surface area contributed by atoms with E-state index in [2.05, 4.69) is 19.2 Å². The first kappa shape index (κ1) is 23.8. The van der Waals surface area contributed by atoms with Crippen molar-refractivity contribution < 1.29 is 14.5 Å². The number of nitrogens with zero attached hydrogens (tertiary/aromatic N) is 2. The van der Waals surface area contributed by atoms with Crippen molar-refractivity contribution in [2.75, 3.05) is 16.0 Å². The normalized spacial score (nSPS) is 15.6. The van der Waals surface area contributed by atoms with Crippen molar-refractivity contribution in [1.29, 1.82) is 0 Å². The van der Waals surface area contributed by atoms with Gasteiger partial charge in [-0.15, -0.1) is 11.8 Å². The first-order valence-corrected chi connectivity index (χ1v) is 12.1. The molecule has 1 saturated heterocycles. The highest BCUT2D eigenvalue weighted by atomic mass is 35.5. The SMILES string of the molecule is CC(C)c1ccc(N2C(=O)CSC2c2cccc(NC(=O)c3ccc(Cl)c([N+](=O)[O-])c3)c2)cc1. The fourth-order valence-electron chi connectivity index (χ4n) is 3.74. The molecule has 3 aromatic rings. The van der Waals surface area contributed by atoms with E-state index in [0.29, 0.717) is 17.4 Å². The van der Waals surface area contributed by atoms with Gasteiger partial charge in [0, 0.05) is 23.0 Å². The summed E-state index contributed by atoms with van der Waals surface area (Å²) < 4.78 is 0. The van der Waals surface area contributed by atoms with Crippen LogP contribution in [-0.4, -0.2) is 22.5 Å². The molecule has 0 bridgehead atoms. The Kier molecular flexibility index (Phi) is 6.90. The molecule has 0 aliphatic carbocycles. The highest BCUT2D eigenvalue weighted by Gasteiger charge is 2.34.